The van der Waals surface area contributed by atoms with Crippen LogP contribution in [0, 0.1) is 20.8 Å². The molecular weight excluding hydrogens is 348 g/mol. The number of aryl methyl sites for hydroxylation is 3. The van der Waals surface area contributed by atoms with E-state index < -0.39 is 0 Å². The molecule has 2 aromatic carbocycles. The molecule has 0 fully saturated rings. The molecule has 0 saturated heterocycles. The largest absolute Gasteiger partial charge is 0.494 e. The fourth-order valence-electron chi connectivity index (χ4n) is 3.31. The summed E-state index contributed by atoms with van der Waals surface area (Å²) >= 11 is 0. The first-order valence-electron chi connectivity index (χ1n) is 10.3. The zero-order valence-electron chi connectivity index (χ0n) is 17.7. The Morgan fingerprint density at radius 3 is 2.21 bits per heavy atom. The molecular formula is C24H34N2O2. The Bertz CT molecular complexity index is 731. The van der Waals surface area contributed by atoms with Crippen LogP contribution in [-0.2, 0) is 4.79 Å². The Morgan fingerprint density at radius 1 is 0.929 bits per heavy atom. The van der Waals surface area contributed by atoms with Crippen molar-refractivity contribution in [2.75, 3.05) is 23.8 Å². The molecule has 0 aliphatic carbocycles. The summed E-state index contributed by atoms with van der Waals surface area (Å²) in [5, 5.41) is 6.18. The van der Waals surface area contributed by atoms with Crippen molar-refractivity contribution < 1.29 is 9.53 Å². The van der Waals surface area contributed by atoms with E-state index in [1.54, 1.807) is 0 Å². The summed E-state index contributed by atoms with van der Waals surface area (Å²) in [5.74, 6) is 0.818. The van der Waals surface area contributed by atoms with E-state index in [4.69, 9.17) is 4.74 Å². The number of rotatable bonds is 11. The Hall–Kier alpha value is -2.49. The van der Waals surface area contributed by atoms with Gasteiger partial charge in [-0.05, 0) is 62.6 Å². The van der Waals surface area contributed by atoms with E-state index in [0.717, 1.165) is 41.3 Å². The minimum Gasteiger partial charge on any atom is -0.494 e. The molecule has 0 aliphatic heterocycles. The number of ether oxygens (including phenoxy) is 1. The van der Waals surface area contributed by atoms with Crippen LogP contribution >= 0.6 is 0 Å². The van der Waals surface area contributed by atoms with Gasteiger partial charge in [-0.3, -0.25) is 4.79 Å². The number of amides is 1. The van der Waals surface area contributed by atoms with Crippen molar-refractivity contribution in [3.05, 3.63) is 53.1 Å². The molecule has 0 unspecified atom stereocenters. The molecule has 1 amide bonds. The fourth-order valence-corrected chi connectivity index (χ4v) is 3.31. The predicted octanol–water partition coefficient (Wildman–Crippen LogP) is 6.01. The van der Waals surface area contributed by atoms with Crippen LogP contribution < -0.4 is 15.4 Å². The standard InChI is InChI=1S/C24H34N2O2/c1-5-6-7-8-9-14-28-22-12-10-21(11-13-22)25-17-23(27)26-24-19(3)15-18(2)16-20(24)4/h10-13,15-16,25H,5-9,14,17H2,1-4H3,(H,26,27). The highest BCUT2D eigenvalue weighted by Gasteiger charge is 2.08. The number of carbonyl (C=O) groups excluding carboxylic acids is 1. The summed E-state index contributed by atoms with van der Waals surface area (Å²) in [5.41, 5.74) is 5.18. The summed E-state index contributed by atoms with van der Waals surface area (Å²) in [7, 11) is 0. The molecule has 4 heteroatoms. The molecule has 2 aromatic rings. The molecule has 2 rings (SSSR count). The van der Waals surface area contributed by atoms with E-state index in [1.165, 1.54) is 31.2 Å². The van der Waals surface area contributed by atoms with E-state index in [-0.39, 0.29) is 12.5 Å². The molecule has 2 N–H and O–H groups in total. The number of hydrogen-bond donors (Lipinski definition) is 2. The molecule has 0 atom stereocenters. The quantitative estimate of drug-likeness (QED) is 0.468. The predicted molar refractivity (Wildman–Crippen MR) is 118 cm³/mol. The first-order chi connectivity index (χ1) is 13.5. The lowest BCUT2D eigenvalue weighted by Gasteiger charge is -2.14. The second-order valence-electron chi connectivity index (χ2n) is 7.46. The number of hydrogen-bond acceptors (Lipinski definition) is 3. The highest BCUT2D eigenvalue weighted by molar-refractivity contribution is 5.95. The smallest absolute Gasteiger partial charge is 0.243 e. The van der Waals surface area contributed by atoms with Crippen molar-refractivity contribution in [3.8, 4) is 5.75 Å². The second kappa shape index (κ2) is 11.4. The summed E-state index contributed by atoms with van der Waals surface area (Å²) in [6.45, 7) is 9.31. The van der Waals surface area contributed by atoms with Gasteiger partial charge in [0.2, 0.25) is 5.91 Å². The van der Waals surface area contributed by atoms with Crippen molar-refractivity contribution in [3.63, 3.8) is 0 Å². The third kappa shape index (κ3) is 7.26. The lowest BCUT2D eigenvalue weighted by molar-refractivity contribution is -0.114. The monoisotopic (exact) mass is 382 g/mol. The van der Waals surface area contributed by atoms with Gasteiger partial charge in [0.25, 0.3) is 0 Å². The van der Waals surface area contributed by atoms with Crippen molar-refractivity contribution in [1.29, 1.82) is 0 Å². The van der Waals surface area contributed by atoms with Gasteiger partial charge in [0.1, 0.15) is 5.75 Å². The minimum atomic E-state index is -0.0533. The lowest BCUT2D eigenvalue weighted by atomic mass is 10.1. The van der Waals surface area contributed by atoms with Crippen molar-refractivity contribution in [2.45, 2.75) is 59.8 Å². The van der Waals surface area contributed by atoms with Gasteiger partial charge in [-0.1, -0.05) is 50.3 Å². The molecule has 28 heavy (non-hydrogen) atoms. The van der Waals surface area contributed by atoms with Gasteiger partial charge < -0.3 is 15.4 Å². The minimum absolute atomic E-state index is 0.0533. The summed E-state index contributed by atoms with van der Waals surface area (Å²) in [4.78, 5) is 12.3. The molecule has 4 nitrogen and oxygen atoms in total. The van der Waals surface area contributed by atoms with Gasteiger partial charge in [-0.15, -0.1) is 0 Å². The van der Waals surface area contributed by atoms with Crippen molar-refractivity contribution >= 4 is 17.3 Å². The van der Waals surface area contributed by atoms with Gasteiger partial charge in [0.05, 0.1) is 13.2 Å². The molecule has 0 aliphatic rings. The fraction of sp³-hybridized carbons (Fsp3) is 0.458. The maximum atomic E-state index is 12.3. The Balaban J connectivity index is 1.75. The van der Waals surface area contributed by atoms with Gasteiger partial charge in [-0.25, -0.2) is 0 Å². The van der Waals surface area contributed by atoms with Crippen LogP contribution in [0.2, 0.25) is 0 Å². The van der Waals surface area contributed by atoms with Crippen LogP contribution in [-0.4, -0.2) is 19.1 Å². The zero-order chi connectivity index (χ0) is 20.4. The molecule has 0 heterocycles. The average Bonchev–Trinajstić information content (AvgIpc) is 2.66. The number of benzene rings is 2. The highest BCUT2D eigenvalue weighted by atomic mass is 16.5. The molecule has 0 radical (unpaired) electrons. The SMILES string of the molecule is CCCCCCCOc1ccc(NCC(=O)Nc2c(C)cc(C)cc2C)cc1. The van der Waals surface area contributed by atoms with Crippen molar-refractivity contribution in [2.24, 2.45) is 0 Å². The average molecular weight is 383 g/mol. The van der Waals surface area contributed by atoms with Crippen LogP contribution in [0.25, 0.3) is 0 Å². The van der Waals surface area contributed by atoms with E-state index in [9.17, 15) is 4.79 Å². The third-order valence-corrected chi connectivity index (χ3v) is 4.77. The zero-order valence-corrected chi connectivity index (χ0v) is 17.7. The van der Waals surface area contributed by atoms with Gasteiger partial charge in [0, 0.05) is 11.4 Å². The molecule has 0 aromatic heterocycles. The Morgan fingerprint density at radius 2 is 1.57 bits per heavy atom. The van der Waals surface area contributed by atoms with Gasteiger partial charge >= 0.3 is 0 Å². The normalized spacial score (nSPS) is 10.6. The van der Waals surface area contributed by atoms with Gasteiger partial charge in [-0.2, -0.15) is 0 Å². The first kappa shape index (κ1) is 21.8. The van der Waals surface area contributed by atoms with Crippen LogP contribution in [0.3, 0.4) is 0 Å². The molecule has 0 spiro atoms. The molecule has 152 valence electrons. The molecule has 0 saturated carbocycles. The van der Waals surface area contributed by atoms with Crippen LogP contribution in [0.15, 0.2) is 36.4 Å². The summed E-state index contributed by atoms with van der Waals surface area (Å²) < 4.78 is 5.77. The second-order valence-corrected chi connectivity index (χ2v) is 7.46. The van der Waals surface area contributed by atoms with E-state index in [0.29, 0.717) is 0 Å². The Kier molecular flexibility index (Phi) is 8.86. The third-order valence-electron chi connectivity index (χ3n) is 4.77. The summed E-state index contributed by atoms with van der Waals surface area (Å²) in [6.07, 6.45) is 6.17. The Labute approximate surface area is 169 Å². The topological polar surface area (TPSA) is 50.4 Å². The van der Waals surface area contributed by atoms with Gasteiger partial charge in [0.15, 0.2) is 0 Å². The van der Waals surface area contributed by atoms with E-state index in [2.05, 4.69) is 36.6 Å². The molecule has 0 bridgehead atoms. The number of unbranched alkanes of at least 4 members (excludes halogenated alkanes) is 4. The van der Waals surface area contributed by atoms with Crippen LogP contribution in [0.5, 0.6) is 5.75 Å². The van der Waals surface area contributed by atoms with E-state index in [1.807, 2.05) is 38.1 Å². The first-order valence-corrected chi connectivity index (χ1v) is 10.3. The highest BCUT2D eigenvalue weighted by Crippen LogP contribution is 2.22. The number of nitrogens with one attached hydrogen (secondary N) is 2. The van der Waals surface area contributed by atoms with Crippen LogP contribution in [0.4, 0.5) is 11.4 Å². The lowest BCUT2D eigenvalue weighted by Crippen LogP contribution is -2.22. The summed E-state index contributed by atoms with van der Waals surface area (Å²) in [6, 6.07) is 11.9. The maximum absolute atomic E-state index is 12.3. The van der Waals surface area contributed by atoms with Crippen molar-refractivity contribution in [1.82, 2.24) is 0 Å². The number of carbonyl (C=O) groups is 1. The maximum Gasteiger partial charge on any atom is 0.243 e. The van der Waals surface area contributed by atoms with E-state index >= 15 is 0 Å². The van der Waals surface area contributed by atoms with Crippen LogP contribution in [0.1, 0.15) is 55.7 Å². The number of anilines is 2.